The lowest BCUT2D eigenvalue weighted by Crippen LogP contribution is -2.48. The zero-order valence-electron chi connectivity index (χ0n) is 17.6. The molecule has 1 heterocycles. The minimum absolute atomic E-state index is 0.199. The van der Waals surface area contributed by atoms with Gasteiger partial charge in [-0.25, -0.2) is 8.42 Å². The van der Waals surface area contributed by atoms with Gasteiger partial charge < -0.3 is 10.2 Å². The monoisotopic (exact) mass is 468 g/mol. The Bertz CT molecular complexity index is 1260. The van der Waals surface area contributed by atoms with E-state index in [2.05, 4.69) is 15.5 Å². The number of amides is 1. The third-order valence-electron chi connectivity index (χ3n) is 5.46. The van der Waals surface area contributed by atoms with E-state index < -0.39 is 10.0 Å². The molecule has 4 rings (SSSR count). The Kier molecular flexibility index (Phi) is 6.40. The topological polar surface area (TPSA) is 81.8 Å². The number of fused-ring (bicyclic) bond motifs is 1. The van der Waals surface area contributed by atoms with Crippen molar-refractivity contribution in [2.24, 2.45) is 0 Å². The maximum atomic E-state index is 12.9. The quantitative estimate of drug-likeness (QED) is 0.573. The number of piperazine rings is 1. The summed E-state index contributed by atoms with van der Waals surface area (Å²) in [7, 11) is -3.19. The predicted molar refractivity (Wildman–Crippen MR) is 133 cm³/mol. The summed E-state index contributed by atoms with van der Waals surface area (Å²) in [5.74, 6) is -0.279. The molecule has 1 aliphatic heterocycles. The number of hydrogen-bond donors (Lipinski definition) is 2. The van der Waals surface area contributed by atoms with Gasteiger partial charge in [-0.1, -0.05) is 48.5 Å². The van der Waals surface area contributed by atoms with Gasteiger partial charge in [-0.05, 0) is 41.2 Å². The second-order valence-corrected chi connectivity index (χ2v) is 9.99. The first-order valence-electron chi connectivity index (χ1n) is 10.2. The Morgan fingerprint density at radius 3 is 2.31 bits per heavy atom. The molecule has 0 unspecified atom stereocenters. The third kappa shape index (κ3) is 4.90. The summed E-state index contributed by atoms with van der Waals surface area (Å²) < 4.78 is 25.0. The SMILES string of the molecule is CS(=O)(=O)N1CCN(c2ccccc2NC(=S)NC(=O)c2cccc3ccccc23)CC1. The smallest absolute Gasteiger partial charge is 0.258 e. The number of para-hydroxylation sites is 2. The molecule has 0 aromatic heterocycles. The molecule has 1 fully saturated rings. The van der Waals surface area contributed by atoms with Gasteiger partial charge in [0.25, 0.3) is 5.91 Å². The number of carbonyl (C=O) groups is 1. The minimum Gasteiger partial charge on any atom is -0.367 e. The van der Waals surface area contributed by atoms with E-state index in [-0.39, 0.29) is 11.0 Å². The summed E-state index contributed by atoms with van der Waals surface area (Å²) in [5.41, 5.74) is 2.21. The molecule has 1 aliphatic rings. The highest BCUT2D eigenvalue weighted by molar-refractivity contribution is 7.88. The Labute approximate surface area is 193 Å². The summed E-state index contributed by atoms with van der Waals surface area (Å²) in [4.78, 5) is 15.0. The van der Waals surface area contributed by atoms with E-state index in [1.807, 2.05) is 60.7 Å². The summed E-state index contributed by atoms with van der Waals surface area (Å²) in [5, 5.41) is 7.94. The first-order valence-corrected chi connectivity index (χ1v) is 12.5. The van der Waals surface area contributed by atoms with Gasteiger partial charge in [-0.15, -0.1) is 0 Å². The molecule has 0 atom stereocenters. The third-order valence-corrected chi connectivity index (χ3v) is 6.97. The molecule has 3 aromatic rings. The maximum Gasteiger partial charge on any atom is 0.258 e. The largest absolute Gasteiger partial charge is 0.367 e. The van der Waals surface area contributed by atoms with Crippen molar-refractivity contribution in [1.82, 2.24) is 9.62 Å². The van der Waals surface area contributed by atoms with Gasteiger partial charge >= 0.3 is 0 Å². The fourth-order valence-corrected chi connectivity index (χ4v) is 4.89. The molecular formula is C23H24N4O3S2. The highest BCUT2D eigenvalue weighted by atomic mass is 32.2. The van der Waals surface area contributed by atoms with Crippen molar-refractivity contribution in [3.63, 3.8) is 0 Å². The Balaban J connectivity index is 1.46. The van der Waals surface area contributed by atoms with Gasteiger partial charge in [-0.3, -0.25) is 10.1 Å². The lowest BCUT2D eigenvalue weighted by atomic mass is 10.0. The number of sulfonamides is 1. The summed E-state index contributed by atoms with van der Waals surface area (Å²) >= 11 is 5.41. The Morgan fingerprint density at radius 2 is 1.56 bits per heavy atom. The number of anilines is 2. The molecule has 0 aliphatic carbocycles. The molecule has 0 radical (unpaired) electrons. The molecule has 0 spiro atoms. The number of nitrogens with one attached hydrogen (secondary N) is 2. The lowest BCUT2D eigenvalue weighted by molar-refractivity contribution is 0.0979. The van der Waals surface area contributed by atoms with Crippen molar-refractivity contribution in [1.29, 1.82) is 0 Å². The van der Waals surface area contributed by atoms with Crippen LogP contribution in [0.15, 0.2) is 66.7 Å². The van der Waals surface area contributed by atoms with Gasteiger partial charge in [0.05, 0.1) is 17.6 Å². The molecule has 0 saturated carbocycles. The molecule has 3 aromatic carbocycles. The molecule has 1 saturated heterocycles. The van der Waals surface area contributed by atoms with Crippen LogP contribution in [-0.2, 0) is 10.0 Å². The maximum absolute atomic E-state index is 12.9. The van der Waals surface area contributed by atoms with Gasteiger partial charge in [0.15, 0.2) is 5.11 Å². The zero-order valence-corrected chi connectivity index (χ0v) is 19.2. The Morgan fingerprint density at radius 1 is 0.906 bits per heavy atom. The van der Waals surface area contributed by atoms with Gasteiger partial charge in [0.1, 0.15) is 0 Å². The molecule has 2 N–H and O–H groups in total. The molecule has 32 heavy (non-hydrogen) atoms. The van der Waals surface area contributed by atoms with Crippen LogP contribution >= 0.6 is 12.2 Å². The molecule has 7 nitrogen and oxygen atoms in total. The fourth-order valence-electron chi connectivity index (χ4n) is 3.86. The highest BCUT2D eigenvalue weighted by Crippen LogP contribution is 2.27. The van der Waals surface area contributed by atoms with Gasteiger partial charge in [0, 0.05) is 31.7 Å². The van der Waals surface area contributed by atoms with Crippen molar-refractivity contribution in [3.8, 4) is 0 Å². The first-order chi connectivity index (χ1) is 15.3. The summed E-state index contributed by atoms with van der Waals surface area (Å²) in [6.45, 7) is 1.99. The zero-order chi connectivity index (χ0) is 22.7. The molecular weight excluding hydrogens is 444 g/mol. The number of hydrogen-bond acceptors (Lipinski definition) is 5. The van der Waals surface area contributed by atoms with Crippen molar-refractivity contribution < 1.29 is 13.2 Å². The first kappa shape index (κ1) is 22.2. The van der Waals surface area contributed by atoms with Crippen LogP contribution in [0, 0.1) is 0 Å². The van der Waals surface area contributed by atoms with Crippen LogP contribution < -0.4 is 15.5 Å². The fraction of sp³-hybridized carbons (Fsp3) is 0.217. The molecule has 9 heteroatoms. The van der Waals surface area contributed by atoms with Crippen LogP contribution in [0.25, 0.3) is 10.8 Å². The average Bonchev–Trinajstić information content (AvgIpc) is 2.78. The Hall–Kier alpha value is -3.01. The van der Waals surface area contributed by atoms with E-state index >= 15 is 0 Å². The van der Waals surface area contributed by atoms with E-state index in [0.29, 0.717) is 31.7 Å². The highest BCUT2D eigenvalue weighted by Gasteiger charge is 2.24. The lowest BCUT2D eigenvalue weighted by Gasteiger charge is -2.35. The number of benzene rings is 3. The molecule has 1 amide bonds. The molecule has 0 bridgehead atoms. The van der Waals surface area contributed by atoms with Crippen LogP contribution in [0.4, 0.5) is 11.4 Å². The normalized spacial score (nSPS) is 14.8. The minimum atomic E-state index is -3.19. The second kappa shape index (κ2) is 9.23. The number of carbonyl (C=O) groups excluding carboxylic acids is 1. The van der Waals surface area contributed by atoms with Crippen molar-refractivity contribution in [2.45, 2.75) is 0 Å². The number of thiocarbonyl (C=S) groups is 1. The standard InChI is InChI=1S/C23H24N4O3S2/c1-32(29,30)27-15-13-26(14-16-27)21-12-5-4-11-20(21)24-23(31)25-22(28)19-10-6-8-17-7-2-3-9-18(17)19/h2-12H,13-16H2,1H3,(H2,24,25,28,31). The summed E-state index contributed by atoms with van der Waals surface area (Å²) in [6, 6.07) is 20.9. The van der Waals surface area contributed by atoms with Gasteiger partial charge in [-0.2, -0.15) is 4.31 Å². The number of nitrogens with zero attached hydrogens (tertiary/aromatic N) is 2. The van der Waals surface area contributed by atoms with E-state index in [4.69, 9.17) is 12.2 Å². The van der Waals surface area contributed by atoms with Crippen molar-refractivity contribution in [2.75, 3.05) is 42.7 Å². The van der Waals surface area contributed by atoms with E-state index in [9.17, 15) is 13.2 Å². The van der Waals surface area contributed by atoms with Crippen LogP contribution in [0.1, 0.15) is 10.4 Å². The van der Waals surface area contributed by atoms with Crippen molar-refractivity contribution >= 4 is 55.4 Å². The van der Waals surface area contributed by atoms with E-state index in [0.717, 1.165) is 22.1 Å². The second-order valence-electron chi connectivity index (χ2n) is 7.60. The van der Waals surface area contributed by atoms with Crippen LogP contribution in [0.2, 0.25) is 0 Å². The van der Waals surface area contributed by atoms with Crippen LogP contribution in [-0.4, -0.2) is 56.2 Å². The van der Waals surface area contributed by atoms with E-state index in [1.54, 1.807) is 6.07 Å². The van der Waals surface area contributed by atoms with E-state index in [1.165, 1.54) is 10.6 Å². The number of rotatable bonds is 4. The van der Waals surface area contributed by atoms with Crippen LogP contribution in [0.3, 0.4) is 0 Å². The van der Waals surface area contributed by atoms with Crippen LogP contribution in [0.5, 0.6) is 0 Å². The van der Waals surface area contributed by atoms with Crippen molar-refractivity contribution in [3.05, 3.63) is 72.3 Å². The average molecular weight is 469 g/mol. The predicted octanol–water partition coefficient (Wildman–Crippen LogP) is 3.05. The molecule has 166 valence electrons. The summed E-state index contributed by atoms with van der Waals surface area (Å²) in [6.07, 6.45) is 1.23. The van der Waals surface area contributed by atoms with Gasteiger partial charge in [0.2, 0.25) is 10.0 Å².